The van der Waals surface area contributed by atoms with Gasteiger partial charge in [-0.25, -0.2) is 8.42 Å². The number of rotatable bonds is 12. The lowest BCUT2D eigenvalue weighted by atomic mass is 9.88. The van der Waals surface area contributed by atoms with E-state index >= 15 is 0 Å². The molecule has 2 aromatic rings. The third kappa shape index (κ3) is 7.17. The number of sulfone groups is 1. The number of hydrogen-bond donors (Lipinski definition) is 2. The standard InChI is InChI=1S/C29H40N2O7S/c1-6-8-14-29(7-2)19-39(34,35)25-15-21(18-30-23(28(33)38-5)17-26(32)37-4)24(36-3)16-22(25)27(31-29)20-12-10-9-11-13-20/h9-13,15-16,23,27,30-31H,6-8,14,17-19H2,1-5H3/t23-,27-,29-/m1/s1. The predicted molar refractivity (Wildman–Crippen MR) is 148 cm³/mol. The van der Waals surface area contributed by atoms with Crippen LogP contribution in [0.2, 0.25) is 0 Å². The highest BCUT2D eigenvalue weighted by Crippen LogP contribution is 2.40. The zero-order chi connectivity index (χ0) is 28.6. The minimum atomic E-state index is -3.71. The molecule has 1 heterocycles. The number of esters is 2. The Morgan fingerprint density at radius 3 is 2.41 bits per heavy atom. The summed E-state index contributed by atoms with van der Waals surface area (Å²) in [4.78, 5) is 24.4. The molecule has 2 aromatic carbocycles. The van der Waals surface area contributed by atoms with Crippen LogP contribution in [0, 0.1) is 0 Å². The topological polar surface area (TPSA) is 120 Å². The van der Waals surface area contributed by atoms with Crippen LogP contribution in [-0.4, -0.2) is 59.0 Å². The molecular weight excluding hydrogens is 520 g/mol. The number of fused-ring (bicyclic) bond motifs is 1. The highest BCUT2D eigenvalue weighted by molar-refractivity contribution is 7.91. The Morgan fingerprint density at radius 1 is 1.10 bits per heavy atom. The lowest BCUT2D eigenvalue weighted by Gasteiger charge is -2.36. The second-order valence-corrected chi connectivity index (χ2v) is 11.9. The van der Waals surface area contributed by atoms with E-state index in [1.54, 1.807) is 12.1 Å². The molecule has 1 aliphatic heterocycles. The van der Waals surface area contributed by atoms with Crippen LogP contribution >= 0.6 is 0 Å². The Morgan fingerprint density at radius 2 is 1.82 bits per heavy atom. The van der Waals surface area contributed by atoms with Gasteiger partial charge in [0.15, 0.2) is 9.84 Å². The van der Waals surface area contributed by atoms with Crippen molar-refractivity contribution < 1.29 is 32.2 Å². The fourth-order valence-corrected chi connectivity index (χ4v) is 7.29. The van der Waals surface area contributed by atoms with Crippen molar-refractivity contribution in [3.05, 3.63) is 59.2 Å². The van der Waals surface area contributed by atoms with Gasteiger partial charge >= 0.3 is 11.9 Å². The molecule has 1 aliphatic rings. The normalized spacial score (nSPS) is 20.8. The Labute approximate surface area is 231 Å². The molecule has 9 nitrogen and oxygen atoms in total. The van der Waals surface area contributed by atoms with E-state index in [1.807, 2.05) is 37.3 Å². The van der Waals surface area contributed by atoms with Gasteiger partial charge in [-0.1, -0.05) is 57.0 Å². The average Bonchev–Trinajstić information content (AvgIpc) is 3.05. The number of benzene rings is 2. The molecule has 2 N–H and O–H groups in total. The maximum atomic E-state index is 14.0. The molecule has 10 heteroatoms. The summed E-state index contributed by atoms with van der Waals surface area (Å²) in [5.74, 6) is -0.759. The zero-order valence-electron chi connectivity index (χ0n) is 23.4. The maximum Gasteiger partial charge on any atom is 0.323 e. The summed E-state index contributed by atoms with van der Waals surface area (Å²) in [6.07, 6.45) is 3.02. The Balaban J connectivity index is 2.12. The van der Waals surface area contributed by atoms with Crippen molar-refractivity contribution in [2.24, 2.45) is 0 Å². The largest absolute Gasteiger partial charge is 0.496 e. The highest BCUT2D eigenvalue weighted by atomic mass is 32.2. The summed E-state index contributed by atoms with van der Waals surface area (Å²) in [5, 5.41) is 6.76. The van der Waals surface area contributed by atoms with Crippen molar-refractivity contribution in [2.45, 2.75) is 75.0 Å². The first-order chi connectivity index (χ1) is 18.6. The van der Waals surface area contributed by atoms with Gasteiger partial charge < -0.3 is 14.2 Å². The van der Waals surface area contributed by atoms with Gasteiger partial charge in [0.25, 0.3) is 0 Å². The number of hydrogen-bond acceptors (Lipinski definition) is 9. The smallest absolute Gasteiger partial charge is 0.323 e. The molecule has 0 aromatic heterocycles. The first kappa shape index (κ1) is 30.6. The lowest BCUT2D eigenvalue weighted by molar-refractivity contribution is -0.149. The Kier molecular flexibility index (Phi) is 10.5. The van der Waals surface area contributed by atoms with Gasteiger partial charge in [0.05, 0.1) is 44.4 Å². The number of ether oxygens (including phenoxy) is 3. The summed E-state index contributed by atoms with van der Waals surface area (Å²) >= 11 is 0. The van der Waals surface area contributed by atoms with Gasteiger partial charge in [-0.3, -0.25) is 20.2 Å². The second kappa shape index (κ2) is 13.4. The summed E-state index contributed by atoms with van der Waals surface area (Å²) in [7, 11) is 0.284. The molecule has 0 aliphatic carbocycles. The predicted octanol–water partition coefficient (Wildman–Crippen LogP) is 3.69. The van der Waals surface area contributed by atoms with E-state index in [0.29, 0.717) is 23.3 Å². The molecule has 0 amide bonds. The number of carbonyl (C=O) groups is 2. The molecule has 3 atom stereocenters. The Hall–Kier alpha value is -2.95. The summed E-state index contributed by atoms with van der Waals surface area (Å²) in [5.41, 5.74) is 1.52. The van der Waals surface area contributed by atoms with Crippen molar-refractivity contribution in [2.75, 3.05) is 27.1 Å². The van der Waals surface area contributed by atoms with Crippen molar-refractivity contribution in [1.29, 1.82) is 0 Å². The van der Waals surface area contributed by atoms with Crippen molar-refractivity contribution in [3.63, 3.8) is 0 Å². The van der Waals surface area contributed by atoms with E-state index in [2.05, 4.69) is 17.6 Å². The van der Waals surface area contributed by atoms with Crippen LogP contribution in [0.1, 0.15) is 68.7 Å². The van der Waals surface area contributed by atoms with Gasteiger partial charge in [-0.05, 0) is 36.1 Å². The summed E-state index contributed by atoms with van der Waals surface area (Å²) in [6, 6.07) is 11.9. The van der Waals surface area contributed by atoms with Crippen LogP contribution in [-0.2, 0) is 35.4 Å². The number of methoxy groups -OCH3 is 3. The second-order valence-electron chi connectivity index (χ2n) is 9.92. The first-order valence-corrected chi connectivity index (χ1v) is 14.9. The lowest BCUT2D eigenvalue weighted by Crippen LogP contribution is -2.50. The molecule has 214 valence electrons. The molecule has 0 saturated carbocycles. The van der Waals surface area contributed by atoms with Crippen molar-refractivity contribution >= 4 is 21.8 Å². The molecular formula is C29H40N2O7S. The highest BCUT2D eigenvalue weighted by Gasteiger charge is 2.42. The molecule has 0 unspecified atom stereocenters. The third-order valence-corrected chi connectivity index (χ3v) is 9.37. The van der Waals surface area contributed by atoms with Crippen LogP contribution in [0.3, 0.4) is 0 Å². The Bertz CT molecular complexity index is 1250. The van der Waals surface area contributed by atoms with E-state index in [1.165, 1.54) is 21.3 Å². The van der Waals surface area contributed by atoms with Crippen LogP contribution in [0.4, 0.5) is 0 Å². The fourth-order valence-electron chi connectivity index (χ4n) is 5.12. The van der Waals surface area contributed by atoms with Crippen LogP contribution < -0.4 is 15.4 Å². The van der Waals surface area contributed by atoms with Gasteiger partial charge in [0.1, 0.15) is 11.8 Å². The van der Waals surface area contributed by atoms with E-state index < -0.39 is 33.4 Å². The monoisotopic (exact) mass is 560 g/mol. The van der Waals surface area contributed by atoms with Gasteiger partial charge in [-0.15, -0.1) is 0 Å². The number of nitrogens with one attached hydrogen (secondary N) is 2. The minimum absolute atomic E-state index is 0.0286. The molecule has 0 saturated heterocycles. The van der Waals surface area contributed by atoms with Crippen molar-refractivity contribution in [1.82, 2.24) is 10.6 Å². The molecule has 3 rings (SSSR count). The quantitative estimate of drug-likeness (QED) is 0.375. The molecule has 0 bridgehead atoms. The van der Waals surface area contributed by atoms with Crippen LogP contribution in [0.5, 0.6) is 5.75 Å². The van der Waals surface area contributed by atoms with Gasteiger partial charge in [0, 0.05) is 17.6 Å². The van der Waals surface area contributed by atoms with E-state index in [0.717, 1.165) is 24.8 Å². The first-order valence-electron chi connectivity index (χ1n) is 13.3. The zero-order valence-corrected chi connectivity index (χ0v) is 24.2. The minimum Gasteiger partial charge on any atom is -0.496 e. The number of carbonyl (C=O) groups excluding carboxylic acids is 2. The molecule has 39 heavy (non-hydrogen) atoms. The van der Waals surface area contributed by atoms with Gasteiger partial charge in [0.2, 0.25) is 0 Å². The average molecular weight is 561 g/mol. The van der Waals surface area contributed by atoms with E-state index in [9.17, 15) is 18.0 Å². The van der Waals surface area contributed by atoms with E-state index in [-0.39, 0.29) is 29.7 Å². The van der Waals surface area contributed by atoms with Crippen molar-refractivity contribution in [3.8, 4) is 5.75 Å². The maximum absolute atomic E-state index is 14.0. The van der Waals surface area contributed by atoms with Gasteiger partial charge in [-0.2, -0.15) is 0 Å². The van der Waals surface area contributed by atoms with Crippen LogP contribution in [0.15, 0.2) is 47.4 Å². The molecule has 0 radical (unpaired) electrons. The molecule has 0 spiro atoms. The SMILES string of the molecule is CCCC[C@]1(CC)CS(=O)(=O)c2cc(CN[C@H](CC(=O)OC)C(=O)OC)c(OC)cc2[C@@H](c2ccccc2)N1. The molecule has 0 fully saturated rings. The van der Waals surface area contributed by atoms with Crippen LogP contribution in [0.25, 0.3) is 0 Å². The van der Waals surface area contributed by atoms with E-state index in [4.69, 9.17) is 14.2 Å². The third-order valence-electron chi connectivity index (χ3n) is 7.42. The summed E-state index contributed by atoms with van der Waals surface area (Å²) in [6.45, 7) is 4.20. The fraction of sp³-hybridized carbons (Fsp3) is 0.517. The number of unbranched alkanes of at least 4 members (excludes halogenated alkanes) is 1. The summed E-state index contributed by atoms with van der Waals surface area (Å²) < 4.78 is 43.2.